The first-order valence-electron chi connectivity index (χ1n) is 10.9. The lowest BCUT2D eigenvalue weighted by atomic mass is 9.89. The van der Waals surface area contributed by atoms with Gasteiger partial charge in [-0.25, -0.2) is 9.19 Å². The van der Waals surface area contributed by atoms with E-state index >= 15 is 0 Å². The highest BCUT2D eigenvalue weighted by molar-refractivity contribution is 7.87. The van der Waals surface area contributed by atoms with E-state index in [1.807, 2.05) is 63.4 Å². The molecule has 0 saturated heterocycles. The van der Waals surface area contributed by atoms with Gasteiger partial charge in [0.2, 0.25) is 5.91 Å². The molecule has 1 aromatic carbocycles. The summed E-state index contributed by atoms with van der Waals surface area (Å²) in [6.07, 6.45) is 5.53. The van der Waals surface area contributed by atoms with Crippen molar-refractivity contribution in [3.8, 4) is 16.9 Å². The van der Waals surface area contributed by atoms with Gasteiger partial charge in [0.25, 0.3) is 0 Å². The monoisotopic (exact) mass is 484 g/mol. The Balaban J connectivity index is 1.41. The number of pyridine rings is 1. The van der Waals surface area contributed by atoms with Gasteiger partial charge >= 0.3 is 0 Å². The fourth-order valence-corrected chi connectivity index (χ4v) is 5.23. The molecule has 1 amide bonds. The van der Waals surface area contributed by atoms with Crippen molar-refractivity contribution in [3.05, 3.63) is 53.8 Å². The fourth-order valence-electron chi connectivity index (χ4n) is 3.12. The van der Waals surface area contributed by atoms with E-state index in [1.165, 1.54) is 11.3 Å². The maximum Gasteiger partial charge on any atom is 0.236 e. The second-order valence-corrected chi connectivity index (χ2v) is 11.2. The summed E-state index contributed by atoms with van der Waals surface area (Å²) in [5, 5.41) is 5.62. The molecule has 2 N–H and O–H groups in total. The summed E-state index contributed by atoms with van der Waals surface area (Å²) in [5.74, 6) is 0.559. The molecule has 0 bridgehead atoms. The van der Waals surface area contributed by atoms with E-state index in [-0.39, 0.29) is 17.3 Å². The largest absolute Gasteiger partial charge is 0.489 e. The highest BCUT2D eigenvalue weighted by Gasteiger charge is 2.33. The molecule has 1 aliphatic rings. The van der Waals surface area contributed by atoms with Crippen molar-refractivity contribution in [2.45, 2.75) is 57.3 Å². The molecule has 1 unspecified atom stereocenters. The molecule has 1 fully saturated rings. The first-order chi connectivity index (χ1) is 15.7. The predicted octanol–water partition coefficient (Wildman–Crippen LogP) is 5.15. The molecule has 4 rings (SSSR count). The van der Waals surface area contributed by atoms with Crippen molar-refractivity contribution in [2.24, 2.45) is 0 Å². The van der Waals surface area contributed by atoms with Crippen LogP contribution in [0.15, 0.2) is 48.1 Å². The standard InChI is InChI=1S/C24H28N4O3S2/c1-15(2)31-19-11-17(12-25-13-19)16-5-7-18(8-6-16)26-22(29)24(3,4)21-14-32-23(27-21)28-33(30)20-9-10-20/h5-8,11-15,20H,9-10H2,1-4H3,(H,26,29)(H,27,28). The van der Waals surface area contributed by atoms with Gasteiger partial charge in [-0.15, -0.1) is 11.3 Å². The summed E-state index contributed by atoms with van der Waals surface area (Å²) in [6.45, 7) is 7.62. The molecule has 0 spiro atoms. The minimum absolute atomic E-state index is 0.0768. The molecule has 7 nitrogen and oxygen atoms in total. The third-order valence-electron chi connectivity index (χ3n) is 5.29. The number of benzene rings is 1. The molecule has 174 valence electrons. The van der Waals surface area contributed by atoms with Crippen molar-refractivity contribution in [2.75, 3.05) is 10.0 Å². The third-order valence-corrected chi connectivity index (χ3v) is 7.65. The van der Waals surface area contributed by atoms with Crippen LogP contribution in [0, 0.1) is 0 Å². The first-order valence-corrected chi connectivity index (χ1v) is 13.0. The number of thiazole rings is 1. The number of amides is 1. The zero-order valence-corrected chi connectivity index (χ0v) is 20.8. The van der Waals surface area contributed by atoms with Crippen LogP contribution in [-0.2, 0) is 21.2 Å². The summed E-state index contributed by atoms with van der Waals surface area (Å²) in [4.78, 5) is 21.8. The van der Waals surface area contributed by atoms with E-state index < -0.39 is 16.4 Å². The molecule has 33 heavy (non-hydrogen) atoms. The smallest absolute Gasteiger partial charge is 0.236 e. The van der Waals surface area contributed by atoms with Crippen LogP contribution >= 0.6 is 11.3 Å². The number of hydrogen-bond acceptors (Lipinski definition) is 6. The number of carbonyl (C=O) groups excluding carboxylic acids is 1. The molecule has 0 aliphatic heterocycles. The predicted molar refractivity (Wildman–Crippen MR) is 134 cm³/mol. The van der Waals surface area contributed by atoms with Gasteiger partial charge in [-0.05, 0) is 64.3 Å². The van der Waals surface area contributed by atoms with Crippen LogP contribution < -0.4 is 14.8 Å². The summed E-state index contributed by atoms with van der Waals surface area (Å²) in [6, 6.07) is 9.57. The van der Waals surface area contributed by atoms with Crippen LogP contribution in [0.5, 0.6) is 5.75 Å². The van der Waals surface area contributed by atoms with Gasteiger partial charge < -0.3 is 10.1 Å². The summed E-state index contributed by atoms with van der Waals surface area (Å²) >= 11 is 1.37. The first kappa shape index (κ1) is 23.4. The molecular weight excluding hydrogens is 456 g/mol. The van der Waals surface area contributed by atoms with Crippen molar-refractivity contribution in [1.29, 1.82) is 0 Å². The molecule has 2 aromatic heterocycles. The molecule has 1 aliphatic carbocycles. The van der Waals surface area contributed by atoms with E-state index in [0.29, 0.717) is 16.5 Å². The Kier molecular flexibility index (Phi) is 6.81. The van der Waals surface area contributed by atoms with Gasteiger partial charge in [-0.1, -0.05) is 12.1 Å². The highest BCUT2D eigenvalue weighted by Crippen LogP contribution is 2.32. The van der Waals surface area contributed by atoms with Crippen molar-refractivity contribution in [3.63, 3.8) is 0 Å². The number of nitrogens with zero attached hydrogens (tertiary/aromatic N) is 2. The van der Waals surface area contributed by atoms with Crippen LogP contribution in [0.4, 0.5) is 10.8 Å². The van der Waals surface area contributed by atoms with Crippen LogP contribution in [0.25, 0.3) is 11.1 Å². The van der Waals surface area contributed by atoms with Gasteiger partial charge in [0.15, 0.2) is 5.13 Å². The molecule has 1 saturated carbocycles. The van der Waals surface area contributed by atoms with Gasteiger partial charge in [-0.3, -0.25) is 14.5 Å². The molecular formula is C24H28N4O3S2. The lowest BCUT2D eigenvalue weighted by Gasteiger charge is -2.21. The second kappa shape index (κ2) is 9.61. The molecule has 9 heteroatoms. The van der Waals surface area contributed by atoms with Crippen molar-refractivity contribution < 1.29 is 13.7 Å². The van der Waals surface area contributed by atoms with Gasteiger partial charge in [0, 0.05) is 22.8 Å². The van der Waals surface area contributed by atoms with Crippen LogP contribution in [-0.4, -0.2) is 31.4 Å². The Hall–Kier alpha value is -2.78. The van der Waals surface area contributed by atoms with Crippen LogP contribution in [0.3, 0.4) is 0 Å². The van der Waals surface area contributed by atoms with Crippen molar-refractivity contribution >= 4 is 39.0 Å². The minimum atomic E-state index is -1.11. The summed E-state index contributed by atoms with van der Waals surface area (Å²) in [7, 11) is -1.11. The maximum atomic E-state index is 13.0. The molecule has 1 atom stereocenters. The Morgan fingerprint density at radius 1 is 1.18 bits per heavy atom. The van der Waals surface area contributed by atoms with E-state index in [1.54, 1.807) is 12.4 Å². The van der Waals surface area contributed by atoms with Gasteiger partial charge in [-0.2, -0.15) is 0 Å². The Morgan fingerprint density at radius 2 is 1.91 bits per heavy atom. The zero-order valence-electron chi connectivity index (χ0n) is 19.1. The van der Waals surface area contributed by atoms with E-state index in [2.05, 4.69) is 20.0 Å². The number of hydrogen-bond donors (Lipinski definition) is 2. The fraction of sp³-hybridized carbons (Fsp3) is 0.375. The molecule has 2 heterocycles. The summed E-state index contributed by atoms with van der Waals surface area (Å²) in [5.41, 5.74) is 2.42. The quantitative estimate of drug-likeness (QED) is 0.438. The molecule has 3 aromatic rings. The average molecular weight is 485 g/mol. The van der Waals surface area contributed by atoms with Gasteiger partial charge in [0.05, 0.1) is 28.7 Å². The molecule has 0 radical (unpaired) electrons. The highest BCUT2D eigenvalue weighted by atomic mass is 32.2. The normalized spacial score (nSPS) is 14.7. The number of ether oxygens (including phenoxy) is 1. The minimum Gasteiger partial charge on any atom is -0.489 e. The maximum absolute atomic E-state index is 13.0. The number of anilines is 2. The topological polar surface area (TPSA) is 93.2 Å². The summed E-state index contributed by atoms with van der Waals surface area (Å²) < 4.78 is 20.8. The van der Waals surface area contributed by atoms with Crippen molar-refractivity contribution in [1.82, 2.24) is 9.97 Å². The number of nitrogens with one attached hydrogen (secondary N) is 2. The number of aromatic nitrogens is 2. The van der Waals surface area contributed by atoms with Crippen LogP contribution in [0.1, 0.15) is 46.2 Å². The Bertz CT molecular complexity index is 1150. The second-order valence-electron chi connectivity index (χ2n) is 8.87. The number of rotatable bonds is 9. The van der Waals surface area contributed by atoms with Crippen LogP contribution in [0.2, 0.25) is 0 Å². The Labute approximate surface area is 200 Å². The van der Waals surface area contributed by atoms with E-state index in [0.717, 1.165) is 29.7 Å². The third kappa shape index (κ3) is 5.78. The van der Waals surface area contributed by atoms with E-state index in [4.69, 9.17) is 4.74 Å². The zero-order chi connectivity index (χ0) is 23.6. The lowest BCUT2D eigenvalue weighted by molar-refractivity contribution is -0.120. The average Bonchev–Trinajstić information content (AvgIpc) is 3.53. The number of carbonyl (C=O) groups is 1. The van der Waals surface area contributed by atoms with Gasteiger partial charge in [0.1, 0.15) is 16.7 Å². The van der Waals surface area contributed by atoms with E-state index in [9.17, 15) is 9.00 Å². The lowest BCUT2D eigenvalue weighted by Crippen LogP contribution is -2.35. The SMILES string of the molecule is CC(C)Oc1cncc(-c2ccc(NC(=O)C(C)(C)c3csc(NS(=O)C4CC4)n3)cc2)c1. The Morgan fingerprint density at radius 3 is 2.58 bits per heavy atom.